The highest BCUT2D eigenvalue weighted by molar-refractivity contribution is 9.10. The van der Waals surface area contributed by atoms with Gasteiger partial charge in [0.2, 0.25) is 0 Å². The standard InChI is InChI=1S/C18H18Br2N2O2S/c1-10(2)24-16-7-5-12(19)9-13(16)17(23)22-18(25)21-15-6-4-11(3)8-14(15)20/h4-10H,1-3H3,(H2,21,22,23,25). The lowest BCUT2D eigenvalue weighted by atomic mass is 10.2. The Hall–Kier alpha value is -1.44. The fourth-order valence-corrected chi connectivity index (χ4v) is 3.24. The molecule has 7 heteroatoms. The van der Waals surface area contributed by atoms with Gasteiger partial charge in [-0.15, -0.1) is 0 Å². The number of carbonyl (C=O) groups is 1. The molecule has 0 aliphatic rings. The average Bonchev–Trinajstić information content (AvgIpc) is 2.51. The second kappa shape index (κ2) is 8.78. The van der Waals surface area contributed by atoms with E-state index in [1.807, 2.05) is 45.0 Å². The first kappa shape index (κ1) is 19.9. The number of aryl methyl sites for hydroxylation is 1. The van der Waals surface area contributed by atoms with Crippen LogP contribution in [0.2, 0.25) is 0 Å². The Morgan fingerprint density at radius 2 is 1.88 bits per heavy atom. The van der Waals surface area contributed by atoms with Crippen molar-refractivity contribution in [3.8, 4) is 5.75 Å². The molecule has 0 heterocycles. The van der Waals surface area contributed by atoms with E-state index in [9.17, 15) is 4.79 Å². The molecule has 2 N–H and O–H groups in total. The van der Waals surface area contributed by atoms with Crippen molar-refractivity contribution in [1.82, 2.24) is 5.32 Å². The minimum absolute atomic E-state index is 0.0404. The third kappa shape index (κ3) is 5.80. The maximum absolute atomic E-state index is 12.6. The van der Waals surface area contributed by atoms with Gasteiger partial charge in [-0.05, 0) is 84.8 Å². The molecule has 0 aliphatic heterocycles. The predicted octanol–water partition coefficient (Wildman–Crippen LogP) is 5.43. The van der Waals surface area contributed by atoms with Crippen molar-refractivity contribution in [2.75, 3.05) is 5.32 Å². The summed E-state index contributed by atoms with van der Waals surface area (Å²) in [6.07, 6.45) is -0.0404. The van der Waals surface area contributed by atoms with Gasteiger partial charge in [-0.3, -0.25) is 10.1 Å². The maximum atomic E-state index is 12.6. The average molecular weight is 486 g/mol. The van der Waals surface area contributed by atoms with Gasteiger partial charge in [0, 0.05) is 8.95 Å². The van der Waals surface area contributed by atoms with E-state index in [1.165, 1.54) is 0 Å². The van der Waals surface area contributed by atoms with Crippen molar-refractivity contribution < 1.29 is 9.53 Å². The fourth-order valence-electron chi connectivity index (χ4n) is 2.08. The largest absolute Gasteiger partial charge is 0.490 e. The van der Waals surface area contributed by atoms with Crippen molar-refractivity contribution in [1.29, 1.82) is 0 Å². The van der Waals surface area contributed by atoms with Crippen LogP contribution in [0.1, 0.15) is 29.8 Å². The Labute approximate surface area is 169 Å². The normalized spacial score (nSPS) is 10.5. The summed E-state index contributed by atoms with van der Waals surface area (Å²) in [5.74, 6) is 0.174. The summed E-state index contributed by atoms with van der Waals surface area (Å²) in [5.41, 5.74) is 2.32. The summed E-state index contributed by atoms with van der Waals surface area (Å²) in [6.45, 7) is 5.81. The molecule has 25 heavy (non-hydrogen) atoms. The molecule has 2 aromatic rings. The van der Waals surface area contributed by atoms with Gasteiger partial charge in [0.1, 0.15) is 5.75 Å². The molecular formula is C18H18Br2N2O2S. The van der Waals surface area contributed by atoms with Crippen LogP contribution in [0.5, 0.6) is 5.75 Å². The first-order valence-corrected chi connectivity index (χ1v) is 9.60. The Morgan fingerprint density at radius 3 is 2.52 bits per heavy atom. The number of anilines is 1. The van der Waals surface area contributed by atoms with Gasteiger partial charge in [-0.25, -0.2) is 0 Å². The van der Waals surface area contributed by atoms with E-state index < -0.39 is 0 Å². The first-order chi connectivity index (χ1) is 11.8. The Bertz CT molecular complexity index is 810. The molecule has 132 valence electrons. The molecule has 0 unspecified atom stereocenters. The van der Waals surface area contributed by atoms with Crippen LogP contribution in [-0.2, 0) is 0 Å². The van der Waals surface area contributed by atoms with E-state index in [1.54, 1.807) is 12.1 Å². The summed E-state index contributed by atoms with van der Waals surface area (Å²) < 4.78 is 7.36. The van der Waals surface area contributed by atoms with Crippen LogP contribution >= 0.6 is 44.1 Å². The summed E-state index contributed by atoms with van der Waals surface area (Å²) in [4.78, 5) is 12.6. The number of thiocarbonyl (C=S) groups is 1. The molecule has 2 aromatic carbocycles. The molecular weight excluding hydrogens is 468 g/mol. The Morgan fingerprint density at radius 1 is 1.16 bits per heavy atom. The molecule has 0 bridgehead atoms. The maximum Gasteiger partial charge on any atom is 0.261 e. The number of hydrogen-bond acceptors (Lipinski definition) is 3. The highest BCUT2D eigenvalue weighted by Crippen LogP contribution is 2.25. The molecule has 0 aromatic heterocycles. The molecule has 0 fully saturated rings. The number of halogens is 2. The van der Waals surface area contributed by atoms with Crippen molar-refractivity contribution in [2.24, 2.45) is 0 Å². The highest BCUT2D eigenvalue weighted by atomic mass is 79.9. The van der Waals surface area contributed by atoms with Gasteiger partial charge in [0.25, 0.3) is 5.91 Å². The molecule has 1 amide bonds. The molecule has 0 aliphatic carbocycles. The van der Waals surface area contributed by atoms with E-state index in [0.717, 1.165) is 20.2 Å². The quantitative estimate of drug-likeness (QED) is 0.566. The summed E-state index contributed by atoms with van der Waals surface area (Å²) in [6, 6.07) is 11.1. The Kier molecular flexibility index (Phi) is 6.98. The molecule has 4 nitrogen and oxygen atoms in total. The van der Waals surface area contributed by atoms with Gasteiger partial charge in [0.15, 0.2) is 5.11 Å². The summed E-state index contributed by atoms with van der Waals surface area (Å²) in [7, 11) is 0. The zero-order valence-electron chi connectivity index (χ0n) is 14.0. The molecule has 0 radical (unpaired) electrons. The van der Waals surface area contributed by atoms with Crippen LogP contribution in [0.3, 0.4) is 0 Å². The van der Waals surface area contributed by atoms with Crippen LogP contribution in [-0.4, -0.2) is 17.1 Å². The van der Waals surface area contributed by atoms with Gasteiger partial charge in [-0.1, -0.05) is 22.0 Å². The van der Waals surface area contributed by atoms with Gasteiger partial charge < -0.3 is 10.1 Å². The molecule has 0 atom stereocenters. The summed E-state index contributed by atoms with van der Waals surface area (Å²) in [5, 5.41) is 5.91. The van der Waals surface area contributed by atoms with E-state index in [0.29, 0.717) is 11.3 Å². The van der Waals surface area contributed by atoms with E-state index in [4.69, 9.17) is 17.0 Å². The van der Waals surface area contributed by atoms with Crippen LogP contribution in [0.4, 0.5) is 5.69 Å². The molecule has 2 rings (SSSR count). The zero-order valence-corrected chi connectivity index (χ0v) is 18.0. The topological polar surface area (TPSA) is 50.4 Å². The number of hydrogen-bond donors (Lipinski definition) is 2. The van der Waals surface area contributed by atoms with Crippen LogP contribution in [0.25, 0.3) is 0 Å². The molecule has 0 spiro atoms. The number of carbonyl (C=O) groups excluding carboxylic acids is 1. The monoisotopic (exact) mass is 484 g/mol. The van der Waals surface area contributed by atoms with Crippen molar-refractivity contribution >= 4 is 60.8 Å². The zero-order chi connectivity index (χ0) is 18.6. The summed E-state index contributed by atoms with van der Waals surface area (Å²) >= 11 is 12.1. The fraction of sp³-hybridized carbons (Fsp3) is 0.222. The van der Waals surface area contributed by atoms with Gasteiger partial charge in [0.05, 0.1) is 17.4 Å². The second-order valence-corrected chi connectivity index (χ2v) is 7.88. The third-order valence-corrected chi connectivity index (χ3v) is 4.50. The smallest absolute Gasteiger partial charge is 0.261 e. The van der Waals surface area contributed by atoms with E-state index in [-0.39, 0.29) is 17.1 Å². The third-order valence-electron chi connectivity index (χ3n) is 3.15. The van der Waals surface area contributed by atoms with Gasteiger partial charge in [-0.2, -0.15) is 0 Å². The second-order valence-electron chi connectivity index (χ2n) is 5.70. The number of amides is 1. The van der Waals surface area contributed by atoms with E-state index >= 15 is 0 Å². The minimum Gasteiger partial charge on any atom is -0.490 e. The number of benzene rings is 2. The van der Waals surface area contributed by atoms with E-state index in [2.05, 4.69) is 42.5 Å². The number of nitrogens with one attached hydrogen (secondary N) is 2. The van der Waals surface area contributed by atoms with Crippen LogP contribution < -0.4 is 15.4 Å². The number of rotatable bonds is 4. The van der Waals surface area contributed by atoms with Crippen LogP contribution in [0.15, 0.2) is 45.3 Å². The lowest BCUT2D eigenvalue weighted by Crippen LogP contribution is -2.34. The predicted molar refractivity (Wildman–Crippen MR) is 112 cm³/mol. The lowest BCUT2D eigenvalue weighted by molar-refractivity contribution is 0.0972. The lowest BCUT2D eigenvalue weighted by Gasteiger charge is -2.15. The number of ether oxygens (including phenoxy) is 1. The molecule has 0 saturated heterocycles. The first-order valence-electron chi connectivity index (χ1n) is 7.61. The van der Waals surface area contributed by atoms with Crippen molar-refractivity contribution in [2.45, 2.75) is 26.9 Å². The Balaban J connectivity index is 2.13. The SMILES string of the molecule is Cc1ccc(NC(=S)NC(=O)c2cc(Br)ccc2OC(C)C)c(Br)c1. The van der Waals surface area contributed by atoms with Crippen LogP contribution in [0, 0.1) is 6.92 Å². The minimum atomic E-state index is -0.335. The highest BCUT2D eigenvalue weighted by Gasteiger charge is 2.16. The van der Waals surface area contributed by atoms with Crippen molar-refractivity contribution in [3.05, 3.63) is 56.5 Å². The van der Waals surface area contributed by atoms with Gasteiger partial charge >= 0.3 is 0 Å². The molecule has 0 saturated carbocycles. The van der Waals surface area contributed by atoms with Crippen molar-refractivity contribution in [3.63, 3.8) is 0 Å².